The molecular weight excluding hydrogens is 312 g/mol. The van der Waals surface area contributed by atoms with Gasteiger partial charge in [-0.1, -0.05) is 43.0 Å². The van der Waals surface area contributed by atoms with Crippen molar-refractivity contribution in [3.8, 4) is 0 Å². The number of hydrogen-bond donors (Lipinski definition) is 1. The molecule has 4 nitrogen and oxygen atoms in total. The Morgan fingerprint density at radius 2 is 2.04 bits per heavy atom. The summed E-state index contributed by atoms with van der Waals surface area (Å²) in [6.45, 7) is 3.44. The molecule has 1 N–H and O–H groups in total. The van der Waals surface area contributed by atoms with Crippen molar-refractivity contribution < 1.29 is 9.59 Å². The predicted octanol–water partition coefficient (Wildman–Crippen LogP) is 3.50. The van der Waals surface area contributed by atoms with Crippen molar-refractivity contribution in [1.82, 2.24) is 4.90 Å². The quantitative estimate of drug-likeness (QED) is 0.851. The maximum absolute atomic E-state index is 12.7. The molecular formula is C21H22N2O2. The summed E-state index contributed by atoms with van der Waals surface area (Å²) in [5.74, 6) is -0.183. The zero-order valence-electron chi connectivity index (χ0n) is 14.4. The first-order chi connectivity index (χ1) is 12.1. The molecule has 0 radical (unpaired) electrons. The standard InChI is InChI=1S/C21H22N2O2/c1-3-20(24)22-17-9-6-7-15(13-17)14-21(25)23(2)19-12-11-16-8-4-5-10-18(16)19/h3-10,13,19H,1,11-12,14H2,2H3,(H,22,24). The van der Waals surface area contributed by atoms with Crippen LogP contribution < -0.4 is 5.32 Å². The van der Waals surface area contributed by atoms with Crippen LogP contribution >= 0.6 is 0 Å². The minimum atomic E-state index is -0.261. The number of amides is 2. The molecule has 1 aliphatic carbocycles. The van der Waals surface area contributed by atoms with Crippen molar-refractivity contribution in [2.45, 2.75) is 25.3 Å². The number of carbonyl (C=O) groups excluding carboxylic acids is 2. The zero-order valence-corrected chi connectivity index (χ0v) is 14.4. The molecule has 3 rings (SSSR count). The zero-order chi connectivity index (χ0) is 17.8. The molecule has 0 aromatic heterocycles. The number of benzene rings is 2. The van der Waals surface area contributed by atoms with Crippen molar-refractivity contribution in [2.24, 2.45) is 0 Å². The molecule has 2 aromatic carbocycles. The summed E-state index contributed by atoms with van der Waals surface area (Å²) >= 11 is 0. The van der Waals surface area contributed by atoms with E-state index in [1.165, 1.54) is 17.2 Å². The molecule has 1 aliphatic rings. The van der Waals surface area contributed by atoms with Gasteiger partial charge in [0, 0.05) is 12.7 Å². The molecule has 0 saturated carbocycles. The Hall–Kier alpha value is -2.88. The van der Waals surface area contributed by atoms with E-state index >= 15 is 0 Å². The summed E-state index contributed by atoms with van der Waals surface area (Å²) in [4.78, 5) is 26.0. The molecule has 0 fully saturated rings. The number of carbonyl (C=O) groups is 2. The highest BCUT2D eigenvalue weighted by Crippen LogP contribution is 2.35. The Kier molecular flexibility index (Phi) is 4.98. The van der Waals surface area contributed by atoms with Crippen LogP contribution in [0.1, 0.15) is 29.2 Å². The van der Waals surface area contributed by atoms with E-state index in [1.807, 2.05) is 42.3 Å². The smallest absolute Gasteiger partial charge is 0.247 e. The molecule has 0 aliphatic heterocycles. The van der Waals surface area contributed by atoms with Crippen LogP contribution in [0.3, 0.4) is 0 Å². The van der Waals surface area contributed by atoms with E-state index in [0.29, 0.717) is 12.1 Å². The van der Waals surface area contributed by atoms with Gasteiger partial charge in [0.15, 0.2) is 0 Å². The third-order valence-electron chi connectivity index (χ3n) is 4.70. The fraction of sp³-hybridized carbons (Fsp3) is 0.238. The molecule has 0 saturated heterocycles. The van der Waals surface area contributed by atoms with E-state index in [9.17, 15) is 9.59 Å². The van der Waals surface area contributed by atoms with Gasteiger partial charge in [0.2, 0.25) is 11.8 Å². The Balaban J connectivity index is 1.69. The number of likely N-dealkylation sites (N-methyl/N-ethyl adjacent to an activating group) is 1. The van der Waals surface area contributed by atoms with E-state index < -0.39 is 0 Å². The Bertz CT molecular complexity index is 813. The molecule has 0 bridgehead atoms. The van der Waals surface area contributed by atoms with Crippen LogP contribution in [0.5, 0.6) is 0 Å². The van der Waals surface area contributed by atoms with E-state index in [1.54, 1.807) is 6.07 Å². The van der Waals surface area contributed by atoms with Crippen molar-refractivity contribution >= 4 is 17.5 Å². The minimum absolute atomic E-state index is 0.0777. The lowest BCUT2D eigenvalue weighted by Gasteiger charge is -2.25. The number of aryl methyl sites for hydroxylation is 1. The van der Waals surface area contributed by atoms with Crippen LogP contribution in [0.25, 0.3) is 0 Å². The van der Waals surface area contributed by atoms with Gasteiger partial charge in [-0.3, -0.25) is 9.59 Å². The average Bonchev–Trinajstić information content (AvgIpc) is 3.05. The summed E-state index contributed by atoms with van der Waals surface area (Å²) in [5.41, 5.74) is 4.14. The third-order valence-corrected chi connectivity index (χ3v) is 4.70. The normalized spacial score (nSPS) is 15.3. The Labute approximate surface area is 148 Å². The van der Waals surface area contributed by atoms with Crippen LogP contribution in [0.2, 0.25) is 0 Å². The highest BCUT2D eigenvalue weighted by Gasteiger charge is 2.28. The second-order valence-corrected chi connectivity index (χ2v) is 6.33. The van der Waals surface area contributed by atoms with Crippen LogP contribution in [0.15, 0.2) is 61.2 Å². The number of hydrogen-bond acceptors (Lipinski definition) is 2. The van der Waals surface area contributed by atoms with E-state index in [2.05, 4.69) is 24.0 Å². The van der Waals surface area contributed by atoms with Crippen LogP contribution in [-0.4, -0.2) is 23.8 Å². The molecule has 2 amide bonds. The van der Waals surface area contributed by atoms with Gasteiger partial charge in [0.05, 0.1) is 12.5 Å². The van der Waals surface area contributed by atoms with Crippen LogP contribution in [0.4, 0.5) is 5.69 Å². The van der Waals surface area contributed by atoms with E-state index in [4.69, 9.17) is 0 Å². The van der Waals surface area contributed by atoms with Crippen molar-refractivity contribution in [2.75, 3.05) is 12.4 Å². The van der Waals surface area contributed by atoms with E-state index in [0.717, 1.165) is 18.4 Å². The lowest BCUT2D eigenvalue weighted by Crippen LogP contribution is -2.31. The van der Waals surface area contributed by atoms with Gasteiger partial charge in [-0.2, -0.15) is 0 Å². The highest BCUT2D eigenvalue weighted by atomic mass is 16.2. The van der Waals surface area contributed by atoms with Gasteiger partial charge in [-0.25, -0.2) is 0 Å². The predicted molar refractivity (Wildman–Crippen MR) is 99.2 cm³/mol. The molecule has 25 heavy (non-hydrogen) atoms. The first-order valence-electron chi connectivity index (χ1n) is 8.44. The number of fused-ring (bicyclic) bond motifs is 1. The van der Waals surface area contributed by atoms with Gasteiger partial charge in [0.1, 0.15) is 0 Å². The average molecular weight is 334 g/mol. The first kappa shape index (κ1) is 17.0. The summed E-state index contributed by atoms with van der Waals surface area (Å²) in [5, 5.41) is 2.72. The van der Waals surface area contributed by atoms with Crippen LogP contribution in [-0.2, 0) is 22.4 Å². The van der Waals surface area contributed by atoms with E-state index in [-0.39, 0.29) is 17.9 Å². The number of nitrogens with one attached hydrogen (secondary N) is 1. The summed E-state index contributed by atoms with van der Waals surface area (Å²) < 4.78 is 0. The van der Waals surface area contributed by atoms with Crippen LogP contribution in [0, 0.1) is 0 Å². The van der Waals surface area contributed by atoms with Gasteiger partial charge in [0.25, 0.3) is 0 Å². The Morgan fingerprint density at radius 3 is 2.84 bits per heavy atom. The maximum Gasteiger partial charge on any atom is 0.247 e. The molecule has 1 atom stereocenters. The minimum Gasteiger partial charge on any atom is -0.338 e. The monoisotopic (exact) mass is 334 g/mol. The fourth-order valence-corrected chi connectivity index (χ4v) is 3.36. The largest absolute Gasteiger partial charge is 0.338 e. The van der Waals surface area contributed by atoms with Gasteiger partial charge >= 0.3 is 0 Å². The van der Waals surface area contributed by atoms with Gasteiger partial charge < -0.3 is 10.2 Å². The third kappa shape index (κ3) is 3.79. The van der Waals surface area contributed by atoms with Crippen molar-refractivity contribution in [3.63, 3.8) is 0 Å². The summed E-state index contributed by atoms with van der Waals surface area (Å²) in [6.07, 6.45) is 3.52. The lowest BCUT2D eigenvalue weighted by molar-refractivity contribution is -0.131. The topological polar surface area (TPSA) is 49.4 Å². The molecule has 128 valence electrons. The molecule has 2 aromatic rings. The lowest BCUT2D eigenvalue weighted by atomic mass is 10.1. The molecule has 0 heterocycles. The van der Waals surface area contributed by atoms with Gasteiger partial charge in [-0.15, -0.1) is 0 Å². The number of nitrogens with zero attached hydrogens (tertiary/aromatic N) is 1. The SMILES string of the molecule is C=CC(=O)Nc1cccc(CC(=O)N(C)C2CCc3ccccc32)c1. The maximum atomic E-state index is 12.7. The molecule has 0 spiro atoms. The molecule has 1 unspecified atom stereocenters. The summed E-state index contributed by atoms with van der Waals surface area (Å²) in [6, 6.07) is 15.8. The first-order valence-corrected chi connectivity index (χ1v) is 8.44. The second-order valence-electron chi connectivity index (χ2n) is 6.33. The van der Waals surface area contributed by atoms with Crippen molar-refractivity contribution in [1.29, 1.82) is 0 Å². The van der Waals surface area contributed by atoms with Gasteiger partial charge in [-0.05, 0) is 47.7 Å². The Morgan fingerprint density at radius 1 is 1.24 bits per heavy atom. The summed E-state index contributed by atoms with van der Waals surface area (Å²) in [7, 11) is 1.87. The second kappa shape index (κ2) is 7.34. The molecule has 4 heteroatoms. The number of rotatable bonds is 5. The number of anilines is 1. The fourth-order valence-electron chi connectivity index (χ4n) is 3.36. The van der Waals surface area contributed by atoms with Crippen molar-refractivity contribution in [3.05, 3.63) is 77.9 Å². The highest BCUT2D eigenvalue weighted by molar-refractivity contribution is 5.98.